The molecule has 0 aliphatic carbocycles. The standard InChI is InChI=1S/C27H38N2O4/c1-8-19(2)28-26(31)20(3)29(17-21-10-9-11-24(16-21)32-7)25(30)18-33-23-14-12-22(13-15-23)27(4,5)6/h9-16,19-20H,8,17-18H2,1-7H3,(H,28,31)/t19-,20+/m0/s1. The second-order valence-corrected chi connectivity index (χ2v) is 9.43. The van der Waals surface area contributed by atoms with Crippen molar-refractivity contribution in [3.8, 4) is 11.5 Å². The molecule has 0 aromatic heterocycles. The molecule has 0 aliphatic heterocycles. The molecule has 0 bridgehead atoms. The first-order chi connectivity index (χ1) is 15.5. The number of benzene rings is 2. The van der Waals surface area contributed by atoms with Crippen LogP contribution in [0.1, 0.15) is 59.1 Å². The third kappa shape index (κ3) is 7.81. The predicted molar refractivity (Wildman–Crippen MR) is 132 cm³/mol. The summed E-state index contributed by atoms with van der Waals surface area (Å²) >= 11 is 0. The van der Waals surface area contributed by atoms with Crippen LogP contribution < -0.4 is 14.8 Å². The number of hydrogen-bond acceptors (Lipinski definition) is 4. The number of rotatable bonds is 10. The maximum Gasteiger partial charge on any atom is 0.261 e. The van der Waals surface area contributed by atoms with Gasteiger partial charge in [-0.2, -0.15) is 0 Å². The van der Waals surface area contributed by atoms with E-state index >= 15 is 0 Å². The maximum atomic E-state index is 13.2. The van der Waals surface area contributed by atoms with Crippen LogP contribution in [-0.2, 0) is 21.5 Å². The van der Waals surface area contributed by atoms with Gasteiger partial charge in [0.15, 0.2) is 6.61 Å². The molecule has 6 heteroatoms. The normalized spacial score (nSPS) is 13.1. The summed E-state index contributed by atoms with van der Waals surface area (Å²) in [6.45, 7) is 12.3. The molecule has 33 heavy (non-hydrogen) atoms. The Morgan fingerprint density at radius 2 is 1.70 bits per heavy atom. The van der Waals surface area contributed by atoms with Gasteiger partial charge >= 0.3 is 0 Å². The molecule has 2 amide bonds. The van der Waals surface area contributed by atoms with E-state index in [2.05, 4.69) is 26.1 Å². The Morgan fingerprint density at radius 1 is 1.03 bits per heavy atom. The molecule has 2 aromatic rings. The first-order valence-corrected chi connectivity index (χ1v) is 11.5. The summed E-state index contributed by atoms with van der Waals surface area (Å²) in [5, 5.41) is 2.97. The van der Waals surface area contributed by atoms with Crippen LogP contribution >= 0.6 is 0 Å². The summed E-state index contributed by atoms with van der Waals surface area (Å²) in [5.41, 5.74) is 2.11. The fourth-order valence-corrected chi connectivity index (χ4v) is 3.29. The largest absolute Gasteiger partial charge is 0.497 e. The Morgan fingerprint density at radius 3 is 2.27 bits per heavy atom. The van der Waals surface area contributed by atoms with Crippen molar-refractivity contribution in [2.45, 2.75) is 72.0 Å². The molecule has 6 nitrogen and oxygen atoms in total. The van der Waals surface area contributed by atoms with Gasteiger partial charge in [0.1, 0.15) is 17.5 Å². The molecule has 0 fully saturated rings. The van der Waals surface area contributed by atoms with Gasteiger partial charge < -0.3 is 19.7 Å². The van der Waals surface area contributed by atoms with Crippen molar-refractivity contribution in [1.82, 2.24) is 10.2 Å². The number of carbonyl (C=O) groups excluding carboxylic acids is 2. The molecule has 2 rings (SSSR count). The van der Waals surface area contributed by atoms with Crippen LogP contribution in [0, 0.1) is 0 Å². The van der Waals surface area contributed by atoms with Gasteiger partial charge in [0, 0.05) is 12.6 Å². The highest BCUT2D eigenvalue weighted by atomic mass is 16.5. The van der Waals surface area contributed by atoms with Crippen molar-refractivity contribution in [3.63, 3.8) is 0 Å². The van der Waals surface area contributed by atoms with Gasteiger partial charge in [-0.3, -0.25) is 9.59 Å². The van der Waals surface area contributed by atoms with Crippen LogP contribution in [0.4, 0.5) is 0 Å². The highest BCUT2D eigenvalue weighted by Gasteiger charge is 2.27. The van der Waals surface area contributed by atoms with Gasteiger partial charge in [0.05, 0.1) is 7.11 Å². The minimum Gasteiger partial charge on any atom is -0.497 e. The summed E-state index contributed by atoms with van der Waals surface area (Å²) in [4.78, 5) is 27.6. The van der Waals surface area contributed by atoms with E-state index in [9.17, 15) is 9.59 Å². The zero-order valence-electron chi connectivity index (χ0n) is 21.0. The zero-order chi connectivity index (χ0) is 24.6. The predicted octanol–water partition coefficient (Wildman–Crippen LogP) is 4.70. The first-order valence-electron chi connectivity index (χ1n) is 11.5. The zero-order valence-corrected chi connectivity index (χ0v) is 21.0. The molecule has 0 spiro atoms. The molecule has 2 atom stereocenters. The van der Waals surface area contributed by atoms with Crippen molar-refractivity contribution < 1.29 is 19.1 Å². The lowest BCUT2D eigenvalue weighted by Gasteiger charge is -2.29. The van der Waals surface area contributed by atoms with Crippen molar-refractivity contribution in [1.29, 1.82) is 0 Å². The van der Waals surface area contributed by atoms with Crippen LogP contribution in [0.15, 0.2) is 48.5 Å². The Bertz CT molecular complexity index is 918. The average molecular weight is 455 g/mol. The summed E-state index contributed by atoms with van der Waals surface area (Å²) in [7, 11) is 1.60. The van der Waals surface area contributed by atoms with E-state index in [0.717, 1.165) is 12.0 Å². The number of carbonyl (C=O) groups is 2. The number of nitrogens with zero attached hydrogens (tertiary/aromatic N) is 1. The van der Waals surface area contributed by atoms with Gasteiger partial charge in [-0.15, -0.1) is 0 Å². The van der Waals surface area contributed by atoms with Crippen molar-refractivity contribution >= 4 is 11.8 Å². The van der Waals surface area contributed by atoms with E-state index in [4.69, 9.17) is 9.47 Å². The van der Waals surface area contributed by atoms with E-state index in [1.54, 1.807) is 18.9 Å². The monoisotopic (exact) mass is 454 g/mol. The van der Waals surface area contributed by atoms with E-state index in [-0.39, 0.29) is 36.4 Å². The number of nitrogens with one attached hydrogen (secondary N) is 1. The lowest BCUT2D eigenvalue weighted by molar-refractivity contribution is -0.142. The minimum atomic E-state index is -0.649. The second-order valence-electron chi connectivity index (χ2n) is 9.43. The van der Waals surface area contributed by atoms with Crippen molar-refractivity contribution in [3.05, 3.63) is 59.7 Å². The quantitative estimate of drug-likeness (QED) is 0.565. The molecule has 0 unspecified atom stereocenters. The van der Waals surface area contributed by atoms with Crippen molar-refractivity contribution in [2.24, 2.45) is 0 Å². The Kier molecular flexibility index (Phi) is 9.32. The van der Waals surface area contributed by atoms with E-state index in [1.807, 2.05) is 62.4 Å². The Hall–Kier alpha value is -3.02. The van der Waals surface area contributed by atoms with E-state index in [0.29, 0.717) is 11.5 Å². The third-order valence-corrected chi connectivity index (χ3v) is 5.74. The lowest BCUT2D eigenvalue weighted by atomic mass is 9.87. The minimum absolute atomic E-state index is 0.0336. The molecule has 180 valence electrons. The van der Waals surface area contributed by atoms with Crippen LogP contribution in [0.5, 0.6) is 11.5 Å². The summed E-state index contributed by atoms with van der Waals surface area (Å²) in [5.74, 6) is 0.876. The van der Waals surface area contributed by atoms with Gasteiger partial charge in [-0.25, -0.2) is 0 Å². The fraction of sp³-hybridized carbons (Fsp3) is 0.481. The molecular weight excluding hydrogens is 416 g/mol. The van der Waals surface area contributed by atoms with Crippen LogP contribution in [0.3, 0.4) is 0 Å². The van der Waals surface area contributed by atoms with Gasteiger partial charge in [-0.1, -0.05) is 52.0 Å². The number of hydrogen-bond donors (Lipinski definition) is 1. The molecule has 0 heterocycles. The molecule has 0 radical (unpaired) electrons. The molecule has 1 N–H and O–H groups in total. The van der Waals surface area contributed by atoms with Crippen molar-refractivity contribution in [2.75, 3.05) is 13.7 Å². The van der Waals surface area contributed by atoms with E-state index < -0.39 is 6.04 Å². The fourth-order valence-electron chi connectivity index (χ4n) is 3.29. The highest BCUT2D eigenvalue weighted by Crippen LogP contribution is 2.24. The summed E-state index contributed by atoms with van der Waals surface area (Å²) in [6, 6.07) is 14.6. The number of ether oxygens (including phenoxy) is 2. The van der Waals surface area contributed by atoms with Crippen LogP contribution in [-0.4, -0.2) is 42.5 Å². The van der Waals surface area contributed by atoms with E-state index in [1.165, 1.54) is 5.56 Å². The Labute approximate surface area is 198 Å². The summed E-state index contributed by atoms with van der Waals surface area (Å²) < 4.78 is 11.1. The Balaban J connectivity index is 2.16. The molecule has 2 aromatic carbocycles. The maximum absolute atomic E-state index is 13.2. The number of amides is 2. The van der Waals surface area contributed by atoms with Crippen LogP contribution in [0.2, 0.25) is 0 Å². The van der Waals surface area contributed by atoms with Crippen LogP contribution in [0.25, 0.3) is 0 Å². The molecule has 0 saturated heterocycles. The smallest absolute Gasteiger partial charge is 0.261 e. The molecular formula is C27H38N2O4. The van der Waals surface area contributed by atoms with Gasteiger partial charge in [-0.05, 0) is 61.1 Å². The van der Waals surface area contributed by atoms with Gasteiger partial charge in [0.2, 0.25) is 5.91 Å². The average Bonchev–Trinajstić information content (AvgIpc) is 2.80. The number of methoxy groups -OCH3 is 1. The molecule has 0 aliphatic rings. The summed E-state index contributed by atoms with van der Waals surface area (Å²) in [6.07, 6.45) is 0.815. The lowest BCUT2D eigenvalue weighted by Crippen LogP contribution is -2.50. The molecule has 0 saturated carbocycles. The highest BCUT2D eigenvalue weighted by molar-refractivity contribution is 5.88. The first kappa shape index (κ1) is 26.2. The SMILES string of the molecule is CC[C@H](C)NC(=O)[C@@H](C)N(Cc1cccc(OC)c1)C(=O)COc1ccc(C(C)(C)C)cc1. The van der Waals surface area contributed by atoms with Gasteiger partial charge in [0.25, 0.3) is 5.91 Å². The topological polar surface area (TPSA) is 67.9 Å². The second kappa shape index (κ2) is 11.7. The third-order valence-electron chi connectivity index (χ3n) is 5.74.